The Bertz CT molecular complexity index is 399. The van der Waals surface area contributed by atoms with Crippen molar-refractivity contribution in [3.8, 4) is 0 Å². The molecule has 17 heavy (non-hydrogen) atoms. The van der Waals surface area contributed by atoms with Crippen molar-refractivity contribution in [1.82, 2.24) is 9.55 Å². The van der Waals surface area contributed by atoms with Gasteiger partial charge in [0.05, 0.1) is 17.9 Å². The highest BCUT2D eigenvalue weighted by atomic mass is 32.2. The number of rotatable bonds is 4. The molecule has 94 valence electrons. The third-order valence-corrected chi connectivity index (χ3v) is 3.88. The average Bonchev–Trinajstić information content (AvgIpc) is 2.76. The molecule has 2 heterocycles. The Morgan fingerprint density at radius 3 is 3.24 bits per heavy atom. The zero-order valence-electron chi connectivity index (χ0n) is 9.76. The number of imidazole rings is 1. The fourth-order valence-electron chi connectivity index (χ4n) is 2.04. The second kappa shape index (κ2) is 5.10. The highest BCUT2D eigenvalue weighted by Crippen LogP contribution is 2.31. The number of thioether (sulfide) groups is 1. The van der Waals surface area contributed by atoms with Crippen molar-refractivity contribution in [1.29, 1.82) is 0 Å². The Hall–Kier alpha value is -1.01. The summed E-state index contributed by atoms with van der Waals surface area (Å²) in [6.45, 7) is 3.59. The number of aliphatic carboxylic acids is 1. The number of aromatic nitrogens is 2. The molecule has 0 saturated carbocycles. The molecule has 1 fully saturated rings. The predicted molar refractivity (Wildman–Crippen MR) is 64.3 cm³/mol. The van der Waals surface area contributed by atoms with E-state index in [0.29, 0.717) is 6.61 Å². The fraction of sp³-hybridized carbons (Fsp3) is 0.636. The van der Waals surface area contributed by atoms with Crippen LogP contribution in [0.4, 0.5) is 0 Å². The van der Waals surface area contributed by atoms with E-state index in [4.69, 9.17) is 9.84 Å². The zero-order chi connectivity index (χ0) is 12.3. The molecule has 1 atom stereocenters. The van der Waals surface area contributed by atoms with Crippen LogP contribution in [0.1, 0.15) is 19.8 Å². The lowest BCUT2D eigenvalue weighted by atomic mass is 9.95. The lowest BCUT2D eigenvalue weighted by molar-refractivity contribution is -0.133. The molecule has 6 heteroatoms. The Morgan fingerprint density at radius 2 is 2.59 bits per heavy atom. The molecule has 2 rings (SSSR count). The van der Waals surface area contributed by atoms with Crippen LogP contribution in [0.25, 0.3) is 0 Å². The summed E-state index contributed by atoms with van der Waals surface area (Å²) in [5.74, 6) is -0.789. The van der Waals surface area contributed by atoms with Gasteiger partial charge in [-0.3, -0.25) is 4.79 Å². The van der Waals surface area contributed by atoms with E-state index in [1.807, 2.05) is 10.8 Å². The van der Waals surface area contributed by atoms with Crippen LogP contribution in [0.2, 0.25) is 0 Å². The molecule has 1 aliphatic heterocycles. The number of carbonyl (C=O) groups is 1. The molecular formula is C11H16N2O3S. The van der Waals surface area contributed by atoms with E-state index in [1.165, 1.54) is 11.8 Å². The Balaban J connectivity index is 2.14. The zero-order valence-corrected chi connectivity index (χ0v) is 10.6. The van der Waals surface area contributed by atoms with Crippen molar-refractivity contribution in [2.24, 2.45) is 0 Å². The molecule has 0 aliphatic carbocycles. The SMILES string of the molecule is CC1(n2ccnc2SCC(=O)O)CCCOC1. The van der Waals surface area contributed by atoms with Gasteiger partial charge in [0.1, 0.15) is 0 Å². The molecule has 0 radical (unpaired) electrons. The van der Waals surface area contributed by atoms with Crippen LogP contribution >= 0.6 is 11.8 Å². The second-order valence-electron chi connectivity index (χ2n) is 4.42. The van der Waals surface area contributed by atoms with E-state index < -0.39 is 5.97 Å². The first-order valence-corrected chi connectivity index (χ1v) is 6.56. The maximum Gasteiger partial charge on any atom is 0.313 e. The summed E-state index contributed by atoms with van der Waals surface area (Å²) in [6.07, 6.45) is 5.67. The molecule has 5 nitrogen and oxygen atoms in total. The van der Waals surface area contributed by atoms with E-state index in [1.54, 1.807) is 6.20 Å². The lowest BCUT2D eigenvalue weighted by Gasteiger charge is -2.35. The number of carboxylic acids is 1. The van der Waals surface area contributed by atoms with Crippen LogP contribution in [0.5, 0.6) is 0 Å². The van der Waals surface area contributed by atoms with Gasteiger partial charge in [0.2, 0.25) is 0 Å². The highest BCUT2D eigenvalue weighted by Gasteiger charge is 2.31. The van der Waals surface area contributed by atoms with Crippen LogP contribution in [0.15, 0.2) is 17.6 Å². The normalized spacial score (nSPS) is 24.8. The fourth-order valence-corrected chi connectivity index (χ4v) is 2.85. The minimum absolute atomic E-state index is 0.0357. The minimum atomic E-state index is -0.824. The molecule has 0 spiro atoms. The monoisotopic (exact) mass is 256 g/mol. The molecule has 1 saturated heterocycles. The van der Waals surface area contributed by atoms with Crippen molar-refractivity contribution in [2.75, 3.05) is 19.0 Å². The number of nitrogens with zero attached hydrogens (tertiary/aromatic N) is 2. The maximum absolute atomic E-state index is 10.6. The summed E-state index contributed by atoms with van der Waals surface area (Å²) in [5, 5.41) is 9.45. The molecule has 1 unspecified atom stereocenters. The van der Waals surface area contributed by atoms with Crippen molar-refractivity contribution in [3.05, 3.63) is 12.4 Å². The van der Waals surface area contributed by atoms with Crippen LogP contribution in [-0.4, -0.2) is 39.6 Å². The van der Waals surface area contributed by atoms with Crippen LogP contribution in [0.3, 0.4) is 0 Å². The van der Waals surface area contributed by atoms with Gasteiger partial charge in [-0.25, -0.2) is 4.98 Å². The minimum Gasteiger partial charge on any atom is -0.481 e. The topological polar surface area (TPSA) is 64.4 Å². The average molecular weight is 256 g/mol. The second-order valence-corrected chi connectivity index (χ2v) is 5.36. The number of hydrogen-bond acceptors (Lipinski definition) is 4. The molecule has 1 aromatic heterocycles. The summed E-state index contributed by atoms with van der Waals surface area (Å²) < 4.78 is 7.56. The van der Waals surface area contributed by atoms with E-state index in [-0.39, 0.29) is 11.3 Å². The van der Waals surface area contributed by atoms with E-state index in [0.717, 1.165) is 24.6 Å². The van der Waals surface area contributed by atoms with Gasteiger partial charge in [0.25, 0.3) is 0 Å². The van der Waals surface area contributed by atoms with Gasteiger partial charge in [0, 0.05) is 19.0 Å². The van der Waals surface area contributed by atoms with Gasteiger partial charge in [-0.15, -0.1) is 0 Å². The van der Waals surface area contributed by atoms with Crippen molar-refractivity contribution in [2.45, 2.75) is 30.5 Å². The smallest absolute Gasteiger partial charge is 0.313 e. The Kier molecular flexibility index (Phi) is 3.73. The molecular weight excluding hydrogens is 240 g/mol. The quantitative estimate of drug-likeness (QED) is 0.829. The van der Waals surface area contributed by atoms with Crippen molar-refractivity contribution < 1.29 is 14.6 Å². The molecule has 1 aromatic rings. The number of carboxylic acid groups (broad SMARTS) is 1. The van der Waals surface area contributed by atoms with Crippen LogP contribution < -0.4 is 0 Å². The van der Waals surface area contributed by atoms with Gasteiger partial charge in [-0.05, 0) is 19.8 Å². The summed E-state index contributed by atoms with van der Waals surface area (Å²) in [7, 11) is 0. The van der Waals surface area contributed by atoms with Crippen molar-refractivity contribution in [3.63, 3.8) is 0 Å². The summed E-state index contributed by atoms with van der Waals surface area (Å²) in [4.78, 5) is 14.8. The summed E-state index contributed by atoms with van der Waals surface area (Å²) in [6, 6.07) is 0. The largest absolute Gasteiger partial charge is 0.481 e. The van der Waals surface area contributed by atoms with Gasteiger partial charge >= 0.3 is 5.97 Å². The van der Waals surface area contributed by atoms with Crippen molar-refractivity contribution >= 4 is 17.7 Å². The third-order valence-electron chi connectivity index (χ3n) is 2.93. The predicted octanol–water partition coefficient (Wildman–Crippen LogP) is 1.59. The molecule has 0 aromatic carbocycles. The van der Waals surface area contributed by atoms with Crippen LogP contribution in [-0.2, 0) is 15.1 Å². The Labute approximate surface area is 104 Å². The first-order chi connectivity index (χ1) is 8.12. The van der Waals surface area contributed by atoms with Gasteiger partial charge in [-0.2, -0.15) is 0 Å². The maximum atomic E-state index is 10.6. The van der Waals surface area contributed by atoms with E-state index >= 15 is 0 Å². The first-order valence-electron chi connectivity index (χ1n) is 5.58. The van der Waals surface area contributed by atoms with Gasteiger partial charge in [-0.1, -0.05) is 11.8 Å². The molecule has 0 amide bonds. The van der Waals surface area contributed by atoms with E-state index in [2.05, 4.69) is 11.9 Å². The highest BCUT2D eigenvalue weighted by molar-refractivity contribution is 7.99. The standard InChI is InChI=1S/C11H16N2O3S/c1-11(3-2-6-16-8-11)13-5-4-12-10(13)17-7-9(14)15/h4-5H,2-3,6-8H2,1H3,(H,14,15). The molecule has 0 bridgehead atoms. The first kappa shape index (κ1) is 12.4. The van der Waals surface area contributed by atoms with E-state index in [9.17, 15) is 4.79 Å². The van der Waals surface area contributed by atoms with Gasteiger partial charge in [0.15, 0.2) is 5.16 Å². The third kappa shape index (κ3) is 2.81. The summed E-state index contributed by atoms with van der Waals surface area (Å²) >= 11 is 1.25. The molecule has 1 N–H and O–H groups in total. The van der Waals surface area contributed by atoms with Crippen LogP contribution in [0, 0.1) is 0 Å². The number of ether oxygens (including phenoxy) is 1. The lowest BCUT2D eigenvalue weighted by Crippen LogP contribution is -2.39. The Morgan fingerprint density at radius 1 is 1.76 bits per heavy atom. The number of hydrogen-bond donors (Lipinski definition) is 1. The summed E-state index contributed by atoms with van der Waals surface area (Å²) in [5.41, 5.74) is -0.102. The van der Waals surface area contributed by atoms with Gasteiger partial charge < -0.3 is 14.4 Å². The molecule has 1 aliphatic rings.